The molecule has 0 amide bonds. The van der Waals surface area contributed by atoms with Crippen molar-refractivity contribution >= 4 is 17.0 Å². The van der Waals surface area contributed by atoms with Crippen LogP contribution in [0.4, 0.5) is 4.79 Å². The topological polar surface area (TPSA) is 35.5 Å². The number of hydrogen-bond acceptors (Lipinski definition) is 3. The van der Waals surface area contributed by atoms with Gasteiger partial charge in [-0.25, -0.2) is 4.79 Å². The van der Waals surface area contributed by atoms with Crippen molar-refractivity contribution in [1.29, 1.82) is 0 Å². The van der Waals surface area contributed by atoms with Crippen molar-refractivity contribution in [1.82, 2.24) is 0 Å². The Bertz CT molecular complexity index is 120. The van der Waals surface area contributed by atoms with Gasteiger partial charge in [0.1, 0.15) is 6.10 Å². The molecule has 4 heteroatoms. The number of hydrogen-bond donors (Lipinski definition) is 0. The van der Waals surface area contributed by atoms with Gasteiger partial charge in [-0.3, -0.25) is 0 Å². The maximum absolute atomic E-state index is 10.2. The van der Waals surface area contributed by atoms with Gasteiger partial charge in [-0.2, -0.15) is 0 Å². The lowest BCUT2D eigenvalue weighted by Crippen LogP contribution is -2.26. The standard InChI is InChI=1S/C6H9ClO3/c7-6(8)10-5-2-1-3-9-4-5/h5H,1-4H2. The third kappa shape index (κ3) is 2.54. The Hall–Kier alpha value is -0.280. The van der Waals surface area contributed by atoms with E-state index in [0.717, 1.165) is 19.4 Å². The van der Waals surface area contributed by atoms with Crippen LogP contribution in [-0.2, 0) is 9.47 Å². The number of ether oxygens (including phenoxy) is 2. The van der Waals surface area contributed by atoms with Crippen molar-refractivity contribution in [3.63, 3.8) is 0 Å². The summed E-state index contributed by atoms with van der Waals surface area (Å²) in [5.41, 5.74) is -0.740. The van der Waals surface area contributed by atoms with E-state index in [4.69, 9.17) is 21.1 Å². The van der Waals surface area contributed by atoms with Gasteiger partial charge in [0.25, 0.3) is 0 Å². The zero-order chi connectivity index (χ0) is 7.40. The Morgan fingerprint density at radius 1 is 1.70 bits per heavy atom. The van der Waals surface area contributed by atoms with Crippen LogP contribution in [0.25, 0.3) is 0 Å². The summed E-state index contributed by atoms with van der Waals surface area (Å²) < 4.78 is 9.74. The Kier molecular flexibility index (Phi) is 2.96. The lowest BCUT2D eigenvalue weighted by molar-refractivity contribution is -0.00895. The molecule has 0 radical (unpaired) electrons. The number of rotatable bonds is 1. The first kappa shape index (κ1) is 7.82. The normalized spacial score (nSPS) is 25.9. The molecule has 1 atom stereocenters. The van der Waals surface area contributed by atoms with Crippen LogP contribution in [0, 0.1) is 0 Å². The van der Waals surface area contributed by atoms with Crippen molar-refractivity contribution < 1.29 is 14.3 Å². The lowest BCUT2D eigenvalue weighted by Gasteiger charge is -2.20. The van der Waals surface area contributed by atoms with Crippen LogP contribution in [0.3, 0.4) is 0 Å². The van der Waals surface area contributed by atoms with Crippen LogP contribution >= 0.6 is 11.6 Å². The fourth-order valence-corrected chi connectivity index (χ4v) is 1.06. The van der Waals surface area contributed by atoms with Crippen molar-refractivity contribution in [2.45, 2.75) is 18.9 Å². The zero-order valence-electron chi connectivity index (χ0n) is 5.51. The molecule has 0 N–H and O–H groups in total. The Morgan fingerprint density at radius 3 is 3.00 bits per heavy atom. The summed E-state index contributed by atoms with van der Waals surface area (Å²) in [6, 6.07) is 0. The summed E-state index contributed by atoms with van der Waals surface area (Å²) in [5.74, 6) is 0. The molecule has 1 fully saturated rings. The van der Waals surface area contributed by atoms with E-state index in [1.165, 1.54) is 0 Å². The predicted molar refractivity (Wildman–Crippen MR) is 36.2 cm³/mol. The molecule has 1 rings (SSSR count). The van der Waals surface area contributed by atoms with Gasteiger partial charge in [-0.15, -0.1) is 0 Å². The van der Waals surface area contributed by atoms with Crippen molar-refractivity contribution in [2.75, 3.05) is 13.2 Å². The van der Waals surface area contributed by atoms with Crippen molar-refractivity contribution in [2.24, 2.45) is 0 Å². The van der Waals surface area contributed by atoms with E-state index in [1.807, 2.05) is 0 Å². The second-order valence-corrected chi connectivity index (χ2v) is 2.50. The summed E-state index contributed by atoms with van der Waals surface area (Å²) >= 11 is 4.99. The zero-order valence-corrected chi connectivity index (χ0v) is 6.26. The van der Waals surface area contributed by atoms with E-state index in [1.54, 1.807) is 0 Å². The van der Waals surface area contributed by atoms with Gasteiger partial charge in [-0.05, 0) is 12.8 Å². The van der Waals surface area contributed by atoms with Crippen LogP contribution in [0.2, 0.25) is 0 Å². The number of carbonyl (C=O) groups is 1. The highest BCUT2D eigenvalue weighted by Gasteiger charge is 2.16. The van der Waals surface area contributed by atoms with E-state index in [9.17, 15) is 4.79 Å². The van der Waals surface area contributed by atoms with Crippen molar-refractivity contribution in [3.05, 3.63) is 0 Å². The number of halogens is 1. The molecular weight excluding hydrogens is 156 g/mol. The van der Waals surface area contributed by atoms with E-state index in [0.29, 0.717) is 6.61 Å². The third-order valence-corrected chi connectivity index (χ3v) is 1.47. The van der Waals surface area contributed by atoms with Gasteiger partial charge in [0.2, 0.25) is 0 Å². The van der Waals surface area contributed by atoms with Gasteiger partial charge in [0.05, 0.1) is 6.61 Å². The molecule has 0 aromatic carbocycles. The lowest BCUT2D eigenvalue weighted by atomic mass is 10.2. The second-order valence-electron chi connectivity index (χ2n) is 2.19. The van der Waals surface area contributed by atoms with Crippen LogP contribution in [-0.4, -0.2) is 24.7 Å². The molecule has 0 aliphatic carbocycles. The van der Waals surface area contributed by atoms with Crippen molar-refractivity contribution in [3.8, 4) is 0 Å². The molecule has 1 aliphatic heterocycles. The fourth-order valence-electron chi connectivity index (χ4n) is 0.935. The molecule has 1 heterocycles. The SMILES string of the molecule is O=C(Cl)OC1CCCOC1. The van der Waals surface area contributed by atoms with Gasteiger partial charge >= 0.3 is 5.43 Å². The van der Waals surface area contributed by atoms with Gasteiger partial charge < -0.3 is 9.47 Å². The molecule has 1 aliphatic rings. The summed E-state index contributed by atoms with van der Waals surface area (Å²) in [6.07, 6.45) is 1.67. The molecule has 0 bridgehead atoms. The van der Waals surface area contributed by atoms with Gasteiger partial charge in [0, 0.05) is 18.2 Å². The Morgan fingerprint density at radius 2 is 2.50 bits per heavy atom. The van der Waals surface area contributed by atoms with Crippen LogP contribution in [0.5, 0.6) is 0 Å². The quantitative estimate of drug-likeness (QED) is 0.552. The molecule has 3 nitrogen and oxygen atoms in total. The first-order valence-electron chi connectivity index (χ1n) is 3.23. The smallest absolute Gasteiger partial charge is 0.404 e. The molecule has 1 saturated heterocycles. The predicted octanol–water partition coefficient (Wildman–Crippen LogP) is 1.54. The van der Waals surface area contributed by atoms with E-state index in [-0.39, 0.29) is 6.10 Å². The fraction of sp³-hybridized carbons (Fsp3) is 0.833. The van der Waals surface area contributed by atoms with Crippen LogP contribution < -0.4 is 0 Å². The molecule has 58 valence electrons. The van der Waals surface area contributed by atoms with E-state index in [2.05, 4.69) is 0 Å². The molecule has 0 aromatic rings. The largest absolute Gasteiger partial charge is 0.448 e. The molecular formula is C6H9ClO3. The van der Waals surface area contributed by atoms with Crippen LogP contribution in [0.1, 0.15) is 12.8 Å². The maximum atomic E-state index is 10.2. The maximum Gasteiger partial charge on any atom is 0.404 e. The summed E-state index contributed by atoms with van der Waals surface area (Å²) in [4.78, 5) is 10.2. The Balaban J connectivity index is 2.19. The highest BCUT2D eigenvalue weighted by Crippen LogP contribution is 2.10. The number of carbonyl (C=O) groups excluding carboxylic acids is 1. The van der Waals surface area contributed by atoms with Gasteiger partial charge in [0.15, 0.2) is 0 Å². The minimum Gasteiger partial charge on any atom is -0.448 e. The molecule has 1 unspecified atom stereocenters. The first-order valence-corrected chi connectivity index (χ1v) is 3.60. The minimum absolute atomic E-state index is 0.126. The third-order valence-electron chi connectivity index (χ3n) is 1.38. The highest BCUT2D eigenvalue weighted by molar-refractivity contribution is 6.61. The van der Waals surface area contributed by atoms with E-state index >= 15 is 0 Å². The second kappa shape index (κ2) is 3.78. The first-order chi connectivity index (χ1) is 4.79. The molecule has 0 aromatic heterocycles. The summed E-state index contributed by atoms with van der Waals surface area (Å²) in [6.45, 7) is 1.24. The minimum atomic E-state index is -0.740. The molecule has 10 heavy (non-hydrogen) atoms. The Labute approximate surface area is 64.3 Å². The summed E-state index contributed by atoms with van der Waals surface area (Å²) in [7, 11) is 0. The molecule has 0 saturated carbocycles. The highest BCUT2D eigenvalue weighted by atomic mass is 35.5. The van der Waals surface area contributed by atoms with Gasteiger partial charge in [-0.1, -0.05) is 0 Å². The van der Waals surface area contributed by atoms with Crippen LogP contribution in [0.15, 0.2) is 0 Å². The average Bonchev–Trinajstić information content (AvgIpc) is 1.88. The monoisotopic (exact) mass is 164 g/mol. The summed E-state index contributed by atoms with van der Waals surface area (Å²) in [5, 5.41) is 0. The molecule has 0 spiro atoms. The van der Waals surface area contributed by atoms with E-state index < -0.39 is 5.43 Å². The average molecular weight is 165 g/mol.